The van der Waals surface area contributed by atoms with Crippen LogP contribution < -0.4 is 0 Å². The summed E-state index contributed by atoms with van der Waals surface area (Å²) in [5.41, 5.74) is 1.16. The molecule has 0 aromatic heterocycles. The molecule has 0 heterocycles. The van der Waals surface area contributed by atoms with Crippen molar-refractivity contribution >= 4 is 6.29 Å². The third kappa shape index (κ3) is 3.56. The maximum atomic E-state index is 10.3. The van der Waals surface area contributed by atoms with E-state index in [2.05, 4.69) is 25.7 Å². The molecule has 0 amide bonds. The van der Waals surface area contributed by atoms with Gasteiger partial charge in [-0.05, 0) is 26.3 Å². The summed E-state index contributed by atoms with van der Waals surface area (Å²) in [5.74, 6) is 0. The summed E-state index contributed by atoms with van der Waals surface area (Å²) in [6.07, 6.45) is 4.65. The van der Waals surface area contributed by atoms with Crippen LogP contribution in [0, 0.1) is 0 Å². The fourth-order valence-corrected chi connectivity index (χ4v) is 1.31. The number of hydrogen-bond donors (Lipinski definition) is 0. The monoisotopic (exact) mass is 169 g/mol. The van der Waals surface area contributed by atoms with Crippen LogP contribution >= 0.6 is 0 Å². The standard InChI is InChI=1S/C10H19NO/c1-4-7-10(8-9-12)11(5-2)6-3/h8-9H,4-7H2,1-3H3. The van der Waals surface area contributed by atoms with Crippen LogP contribution in [-0.2, 0) is 4.79 Å². The van der Waals surface area contributed by atoms with Gasteiger partial charge in [-0.15, -0.1) is 0 Å². The van der Waals surface area contributed by atoms with Crippen molar-refractivity contribution in [3.05, 3.63) is 11.8 Å². The highest BCUT2D eigenvalue weighted by atomic mass is 16.1. The van der Waals surface area contributed by atoms with Gasteiger partial charge in [-0.3, -0.25) is 4.79 Å². The number of carbonyl (C=O) groups is 1. The molecule has 0 unspecified atom stereocenters. The molecule has 0 aromatic rings. The van der Waals surface area contributed by atoms with E-state index in [4.69, 9.17) is 0 Å². The van der Waals surface area contributed by atoms with Crippen molar-refractivity contribution in [1.29, 1.82) is 0 Å². The number of hydrogen-bond acceptors (Lipinski definition) is 2. The zero-order valence-electron chi connectivity index (χ0n) is 8.34. The van der Waals surface area contributed by atoms with E-state index < -0.39 is 0 Å². The van der Waals surface area contributed by atoms with E-state index in [0.29, 0.717) is 0 Å². The van der Waals surface area contributed by atoms with Crippen molar-refractivity contribution < 1.29 is 4.79 Å². The zero-order valence-corrected chi connectivity index (χ0v) is 8.34. The van der Waals surface area contributed by atoms with Crippen molar-refractivity contribution in [1.82, 2.24) is 4.90 Å². The molecule has 2 nitrogen and oxygen atoms in total. The van der Waals surface area contributed by atoms with Gasteiger partial charge in [0, 0.05) is 18.8 Å². The number of carbonyl (C=O) groups excluding carboxylic acids is 1. The molecule has 0 aliphatic carbocycles. The molecule has 0 bridgehead atoms. The lowest BCUT2D eigenvalue weighted by atomic mass is 10.2. The lowest BCUT2D eigenvalue weighted by Gasteiger charge is -2.23. The Morgan fingerprint density at radius 2 is 1.83 bits per heavy atom. The first-order valence-corrected chi connectivity index (χ1v) is 4.69. The van der Waals surface area contributed by atoms with Gasteiger partial charge in [0.2, 0.25) is 0 Å². The van der Waals surface area contributed by atoms with Gasteiger partial charge in [-0.2, -0.15) is 0 Å². The fraction of sp³-hybridized carbons (Fsp3) is 0.700. The molecular weight excluding hydrogens is 150 g/mol. The highest BCUT2D eigenvalue weighted by molar-refractivity contribution is 5.65. The molecule has 0 N–H and O–H groups in total. The second-order valence-corrected chi connectivity index (χ2v) is 2.72. The maximum Gasteiger partial charge on any atom is 0.144 e. The topological polar surface area (TPSA) is 20.3 Å². The Bertz CT molecular complexity index is 148. The van der Waals surface area contributed by atoms with Gasteiger partial charge < -0.3 is 4.90 Å². The summed E-state index contributed by atoms with van der Waals surface area (Å²) in [6, 6.07) is 0. The van der Waals surface area contributed by atoms with Crippen LogP contribution in [-0.4, -0.2) is 24.3 Å². The first-order valence-electron chi connectivity index (χ1n) is 4.69. The average Bonchev–Trinajstić information content (AvgIpc) is 2.07. The van der Waals surface area contributed by atoms with Crippen LogP contribution in [0.3, 0.4) is 0 Å². The third-order valence-corrected chi connectivity index (χ3v) is 1.94. The second-order valence-electron chi connectivity index (χ2n) is 2.72. The summed E-state index contributed by atoms with van der Waals surface area (Å²) >= 11 is 0. The molecule has 0 radical (unpaired) electrons. The minimum absolute atomic E-state index is 0.878. The number of nitrogens with zero attached hydrogens (tertiary/aromatic N) is 1. The van der Waals surface area contributed by atoms with Gasteiger partial charge in [-0.1, -0.05) is 13.3 Å². The molecule has 0 spiro atoms. The minimum Gasteiger partial charge on any atom is -0.375 e. The Morgan fingerprint density at radius 3 is 2.17 bits per heavy atom. The normalized spacial score (nSPS) is 11.4. The SMILES string of the molecule is CCCC(=CC=O)N(CC)CC. The first kappa shape index (κ1) is 11.2. The van der Waals surface area contributed by atoms with Crippen molar-refractivity contribution in [3.8, 4) is 0 Å². The summed E-state index contributed by atoms with van der Waals surface area (Å²) < 4.78 is 0. The maximum absolute atomic E-state index is 10.3. The summed E-state index contributed by atoms with van der Waals surface area (Å²) in [6.45, 7) is 8.31. The van der Waals surface area contributed by atoms with Crippen LogP contribution in [0.1, 0.15) is 33.6 Å². The number of allylic oxidation sites excluding steroid dienone is 2. The quantitative estimate of drug-likeness (QED) is 0.449. The molecule has 70 valence electrons. The number of aldehydes is 1. The second kappa shape index (κ2) is 6.89. The highest BCUT2D eigenvalue weighted by Crippen LogP contribution is 2.09. The van der Waals surface area contributed by atoms with Crippen LogP contribution in [0.25, 0.3) is 0 Å². The van der Waals surface area contributed by atoms with E-state index in [0.717, 1.165) is 37.9 Å². The largest absolute Gasteiger partial charge is 0.375 e. The van der Waals surface area contributed by atoms with E-state index in [1.807, 2.05) is 0 Å². The molecule has 0 atom stereocenters. The predicted molar refractivity (Wildman–Crippen MR) is 52.0 cm³/mol. The molecule has 0 aliphatic heterocycles. The van der Waals surface area contributed by atoms with E-state index in [1.165, 1.54) is 0 Å². The average molecular weight is 169 g/mol. The molecule has 0 saturated heterocycles. The van der Waals surface area contributed by atoms with Crippen LogP contribution in [0.4, 0.5) is 0 Å². The lowest BCUT2D eigenvalue weighted by Crippen LogP contribution is -2.22. The van der Waals surface area contributed by atoms with Gasteiger partial charge >= 0.3 is 0 Å². The Morgan fingerprint density at radius 1 is 1.25 bits per heavy atom. The molecular formula is C10H19NO. The Labute approximate surface area is 75.3 Å². The molecule has 12 heavy (non-hydrogen) atoms. The summed E-state index contributed by atoms with van der Waals surface area (Å²) in [7, 11) is 0. The Kier molecular flexibility index (Phi) is 6.44. The molecule has 0 fully saturated rings. The van der Waals surface area contributed by atoms with Crippen LogP contribution in [0.2, 0.25) is 0 Å². The smallest absolute Gasteiger partial charge is 0.144 e. The highest BCUT2D eigenvalue weighted by Gasteiger charge is 2.02. The Hall–Kier alpha value is -0.790. The van der Waals surface area contributed by atoms with Crippen molar-refractivity contribution in [2.45, 2.75) is 33.6 Å². The van der Waals surface area contributed by atoms with Crippen LogP contribution in [0.15, 0.2) is 11.8 Å². The first-order chi connectivity index (χ1) is 5.79. The third-order valence-electron chi connectivity index (χ3n) is 1.94. The molecule has 2 heteroatoms. The van der Waals surface area contributed by atoms with E-state index in [9.17, 15) is 4.79 Å². The zero-order chi connectivity index (χ0) is 9.40. The van der Waals surface area contributed by atoms with Gasteiger partial charge in [0.1, 0.15) is 6.29 Å². The molecule has 0 rings (SSSR count). The molecule has 0 saturated carbocycles. The van der Waals surface area contributed by atoms with Crippen molar-refractivity contribution in [2.24, 2.45) is 0 Å². The van der Waals surface area contributed by atoms with E-state index >= 15 is 0 Å². The minimum atomic E-state index is 0.878. The van der Waals surface area contributed by atoms with E-state index in [1.54, 1.807) is 6.08 Å². The van der Waals surface area contributed by atoms with Crippen molar-refractivity contribution in [2.75, 3.05) is 13.1 Å². The number of rotatable bonds is 6. The summed E-state index contributed by atoms with van der Waals surface area (Å²) in [5, 5.41) is 0. The predicted octanol–water partition coefficient (Wildman–Crippen LogP) is 2.21. The van der Waals surface area contributed by atoms with Crippen molar-refractivity contribution in [3.63, 3.8) is 0 Å². The summed E-state index contributed by atoms with van der Waals surface area (Å²) in [4.78, 5) is 12.5. The molecule has 0 aliphatic rings. The van der Waals surface area contributed by atoms with Gasteiger partial charge in [-0.25, -0.2) is 0 Å². The fourth-order valence-electron chi connectivity index (χ4n) is 1.31. The Balaban J connectivity index is 4.25. The van der Waals surface area contributed by atoms with Gasteiger partial charge in [0.05, 0.1) is 0 Å². The lowest BCUT2D eigenvalue weighted by molar-refractivity contribution is -0.104. The van der Waals surface area contributed by atoms with Gasteiger partial charge in [0.25, 0.3) is 0 Å². The van der Waals surface area contributed by atoms with E-state index in [-0.39, 0.29) is 0 Å². The molecule has 0 aromatic carbocycles. The van der Waals surface area contributed by atoms with Gasteiger partial charge in [0.15, 0.2) is 0 Å². The van der Waals surface area contributed by atoms with Crippen LogP contribution in [0.5, 0.6) is 0 Å².